The summed E-state index contributed by atoms with van der Waals surface area (Å²) in [6, 6.07) is 6.02. The van der Waals surface area contributed by atoms with Gasteiger partial charge in [-0.05, 0) is 38.5 Å². The van der Waals surface area contributed by atoms with Gasteiger partial charge < -0.3 is 11.1 Å². The molecule has 1 aromatic rings. The maximum absolute atomic E-state index is 11.5. The van der Waals surface area contributed by atoms with Gasteiger partial charge in [-0.15, -0.1) is 11.8 Å². The van der Waals surface area contributed by atoms with Gasteiger partial charge in [0.05, 0.1) is 5.75 Å². The van der Waals surface area contributed by atoms with Gasteiger partial charge in [-0.1, -0.05) is 6.07 Å². The molecule has 0 radical (unpaired) electrons. The van der Waals surface area contributed by atoms with E-state index in [-0.39, 0.29) is 11.9 Å². The third kappa shape index (κ3) is 4.14. The first-order valence-electron chi connectivity index (χ1n) is 5.27. The van der Waals surface area contributed by atoms with Crippen molar-refractivity contribution >= 4 is 23.4 Å². The molecule has 0 saturated carbocycles. The van der Waals surface area contributed by atoms with E-state index in [0.717, 1.165) is 16.1 Å². The van der Waals surface area contributed by atoms with E-state index in [1.807, 2.05) is 39.0 Å². The van der Waals surface area contributed by atoms with Crippen molar-refractivity contribution in [1.29, 1.82) is 0 Å². The Kier molecular flexibility index (Phi) is 4.68. The number of thioether (sulfide) groups is 1. The first-order valence-corrected chi connectivity index (χ1v) is 6.26. The van der Waals surface area contributed by atoms with Crippen LogP contribution in [0.2, 0.25) is 0 Å². The number of nitrogens with two attached hydrogens (primary N) is 1. The van der Waals surface area contributed by atoms with Crippen LogP contribution >= 0.6 is 11.8 Å². The maximum Gasteiger partial charge on any atom is 0.230 e. The standard InChI is InChI=1S/C12H18N2OS/c1-8(2)14-12(15)7-16-11-6-9(3)4-5-10(11)13/h4-6,8H,7,13H2,1-3H3,(H,14,15). The van der Waals surface area contributed by atoms with Crippen molar-refractivity contribution in [3.05, 3.63) is 23.8 Å². The topological polar surface area (TPSA) is 55.1 Å². The fraction of sp³-hybridized carbons (Fsp3) is 0.417. The fourth-order valence-electron chi connectivity index (χ4n) is 1.27. The summed E-state index contributed by atoms with van der Waals surface area (Å²) in [4.78, 5) is 12.4. The van der Waals surface area contributed by atoms with Crippen molar-refractivity contribution in [2.24, 2.45) is 0 Å². The first-order chi connectivity index (χ1) is 7.49. The molecule has 3 N–H and O–H groups in total. The quantitative estimate of drug-likeness (QED) is 0.624. The summed E-state index contributed by atoms with van der Waals surface area (Å²) in [5.41, 5.74) is 7.71. The maximum atomic E-state index is 11.5. The number of nitrogen functional groups attached to an aromatic ring is 1. The molecule has 1 aromatic carbocycles. The van der Waals surface area contributed by atoms with E-state index in [1.54, 1.807) is 0 Å². The van der Waals surface area contributed by atoms with Crippen LogP contribution in [-0.2, 0) is 4.79 Å². The minimum Gasteiger partial charge on any atom is -0.398 e. The Morgan fingerprint density at radius 3 is 2.81 bits per heavy atom. The molecule has 0 heterocycles. The molecule has 0 saturated heterocycles. The summed E-state index contributed by atoms with van der Waals surface area (Å²) < 4.78 is 0. The zero-order chi connectivity index (χ0) is 12.1. The van der Waals surface area contributed by atoms with Gasteiger partial charge in [-0.2, -0.15) is 0 Å². The number of carbonyl (C=O) groups is 1. The average Bonchev–Trinajstić information content (AvgIpc) is 2.18. The highest BCUT2D eigenvalue weighted by Crippen LogP contribution is 2.25. The molecule has 0 aliphatic rings. The lowest BCUT2D eigenvalue weighted by atomic mass is 10.2. The molecule has 0 spiro atoms. The first kappa shape index (κ1) is 12.9. The number of carbonyl (C=O) groups excluding carboxylic acids is 1. The summed E-state index contributed by atoms with van der Waals surface area (Å²) >= 11 is 1.47. The molecule has 1 amide bonds. The Labute approximate surface area is 101 Å². The van der Waals surface area contributed by atoms with E-state index in [2.05, 4.69) is 5.32 Å². The molecule has 0 aromatic heterocycles. The van der Waals surface area contributed by atoms with Crippen LogP contribution < -0.4 is 11.1 Å². The van der Waals surface area contributed by atoms with Crippen molar-refractivity contribution in [3.63, 3.8) is 0 Å². The van der Waals surface area contributed by atoms with Crippen LogP contribution in [0.5, 0.6) is 0 Å². The highest BCUT2D eigenvalue weighted by atomic mass is 32.2. The smallest absolute Gasteiger partial charge is 0.230 e. The van der Waals surface area contributed by atoms with Gasteiger partial charge >= 0.3 is 0 Å². The van der Waals surface area contributed by atoms with Crippen LogP contribution in [-0.4, -0.2) is 17.7 Å². The molecule has 88 valence electrons. The SMILES string of the molecule is Cc1ccc(N)c(SCC(=O)NC(C)C)c1. The number of amides is 1. The largest absolute Gasteiger partial charge is 0.398 e. The van der Waals surface area contributed by atoms with Gasteiger partial charge in [-0.25, -0.2) is 0 Å². The van der Waals surface area contributed by atoms with Crippen molar-refractivity contribution < 1.29 is 4.79 Å². The second-order valence-electron chi connectivity index (χ2n) is 4.05. The third-order valence-electron chi connectivity index (χ3n) is 1.98. The summed E-state index contributed by atoms with van der Waals surface area (Å²) in [6.07, 6.45) is 0. The Bertz CT molecular complexity index is 377. The van der Waals surface area contributed by atoms with Gasteiger partial charge in [0.15, 0.2) is 0 Å². The van der Waals surface area contributed by atoms with Crippen molar-refractivity contribution in [2.45, 2.75) is 31.7 Å². The Morgan fingerprint density at radius 2 is 2.19 bits per heavy atom. The molecular formula is C12H18N2OS. The molecule has 0 atom stereocenters. The molecule has 0 aliphatic carbocycles. The summed E-state index contributed by atoms with van der Waals surface area (Å²) in [7, 11) is 0. The van der Waals surface area contributed by atoms with E-state index in [1.165, 1.54) is 11.8 Å². The second-order valence-corrected chi connectivity index (χ2v) is 5.07. The monoisotopic (exact) mass is 238 g/mol. The van der Waals surface area contributed by atoms with E-state index in [0.29, 0.717) is 5.75 Å². The predicted molar refractivity (Wildman–Crippen MR) is 69.6 cm³/mol. The van der Waals surface area contributed by atoms with Gasteiger partial charge in [0.2, 0.25) is 5.91 Å². The van der Waals surface area contributed by atoms with Crippen LogP contribution in [0.1, 0.15) is 19.4 Å². The van der Waals surface area contributed by atoms with Crippen LogP contribution in [0, 0.1) is 6.92 Å². The number of hydrogen-bond acceptors (Lipinski definition) is 3. The second kappa shape index (κ2) is 5.80. The average molecular weight is 238 g/mol. The summed E-state index contributed by atoms with van der Waals surface area (Å²) in [5.74, 6) is 0.451. The molecule has 0 bridgehead atoms. The van der Waals surface area contributed by atoms with Crippen molar-refractivity contribution in [1.82, 2.24) is 5.32 Å². The predicted octanol–water partition coefficient (Wildman–Crippen LogP) is 2.19. The van der Waals surface area contributed by atoms with E-state index < -0.39 is 0 Å². The highest BCUT2D eigenvalue weighted by molar-refractivity contribution is 8.00. The zero-order valence-electron chi connectivity index (χ0n) is 9.91. The van der Waals surface area contributed by atoms with Crippen LogP contribution in [0.15, 0.2) is 23.1 Å². The zero-order valence-corrected chi connectivity index (χ0v) is 10.7. The van der Waals surface area contributed by atoms with Gasteiger partial charge in [0.25, 0.3) is 0 Å². The normalized spacial score (nSPS) is 10.5. The molecule has 3 nitrogen and oxygen atoms in total. The lowest BCUT2D eigenvalue weighted by molar-refractivity contribution is -0.119. The fourth-order valence-corrected chi connectivity index (χ4v) is 2.15. The summed E-state index contributed by atoms with van der Waals surface area (Å²) in [5, 5.41) is 2.85. The van der Waals surface area contributed by atoms with E-state index >= 15 is 0 Å². The number of hydrogen-bond donors (Lipinski definition) is 2. The van der Waals surface area contributed by atoms with E-state index in [4.69, 9.17) is 5.73 Å². The van der Waals surface area contributed by atoms with Crippen LogP contribution in [0.25, 0.3) is 0 Å². The molecule has 0 aliphatic heterocycles. The van der Waals surface area contributed by atoms with Crippen molar-refractivity contribution in [2.75, 3.05) is 11.5 Å². The molecule has 16 heavy (non-hydrogen) atoms. The Morgan fingerprint density at radius 1 is 1.50 bits per heavy atom. The van der Waals surface area contributed by atoms with Gasteiger partial charge in [0.1, 0.15) is 0 Å². The number of rotatable bonds is 4. The van der Waals surface area contributed by atoms with Gasteiger partial charge in [0, 0.05) is 16.6 Å². The third-order valence-corrected chi connectivity index (χ3v) is 3.05. The van der Waals surface area contributed by atoms with Crippen molar-refractivity contribution in [3.8, 4) is 0 Å². The number of anilines is 1. The molecule has 4 heteroatoms. The molecular weight excluding hydrogens is 220 g/mol. The Hall–Kier alpha value is -1.16. The van der Waals surface area contributed by atoms with Crippen LogP contribution in [0.4, 0.5) is 5.69 Å². The lowest BCUT2D eigenvalue weighted by Gasteiger charge is -2.09. The van der Waals surface area contributed by atoms with Crippen LogP contribution in [0.3, 0.4) is 0 Å². The minimum absolute atomic E-state index is 0.0425. The highest BCUT2D eigenvalue weighted by Gasteiger charge is 2.06. The Balaban J connectivity index is 2.54. The number of nitrogens with one attached hydrogen (secondary N) is 1. The minimum atomic E-state index is 0.0425. The summed E-state index contributed by atoms with van der Waals surface area (Å²) in [6.45, 7) is 5.91. The van der Waals surface area contributed by atoms with Gasteiger partial charge in [-0.3, -0.25) is 4.79 Å². The number of aryl methyl sites for hydroxylation is 1. The lowest BCUT2D eigenvalue weighted by Crippen LogP contribution is -2.31. The molecule has 1 rings (SSSR count). The number of benzene rings is 1. The van der Waals surface area contributed by atoms with E-state index in [9.17, 15) is 4.79 Å². The molecule has 0 unspecified atom stereocenters. The molecule has 0 fully saturated rings.